The van der Waals surface area contributed by atoms with E-state index in [4.69, 9.17) is 10.5 Å². The van der Waals surface area contributed by atoms with Crippen LogP contribution in [0.5, 0.6) is 5.75 Å². The minimum atomic E-state index is -0.405. The molecule has 1 aliphatic rings. The van der Waals surface area contributed by atoms with Gasteiger partial charge in [-0.25, -0.2) is 0 Å². The van der Waals surface area contributed by atoms with Crippen molar-refractivity contribution in [3.05, 3.63) is 24.3 Å². The number of benzene rings is 1. The minimum absolute atomic E-state index is 0.0341. The number of ether oxygens (including phenoxy) is 1. The topological polar surface area (TPSA) is 64.3 Å². The Morgan fingerprint density at radius 3 is 2.65 bits per heavy atom. The number of nitrogens with one attached hydrogen (secondary N) is 1. The van der Waals surface area contributed by atoms with Gasteiger partial charge in [-0.2, -0.15) is 0 Å². The largest absolute Gasteiger partial charge is 0.492 e. The van der Waals surface area contributed by atoms with Crippen molar-refractivity contribution in [1.29, 1.82) is 0 Å². The third-order valence-corrected chi connectivity index (χ3v) is 4.12. The zero-order valence-electron chi connectivity index (χ0n) is 12.2. The van der Waals surface area contributed by atoms with Crippen LogP contribution >= 0.6 is 0 Å². The average Bonchev–Trinajstić information content (AvgIpc) is 2.50. The van der Waals surface area contributed by atoms with Crippen LogP contribution in [0.2, 0.25) is 0 Å². The summed E-state index contributed by atoms with van der Waals surface area (Å²) >= 11 is 0. The molecule has 4 heteroatoms. The number of hydrogen-bond donors (Lipinski definition) is 2. The molecule has 110 valence electrons. The quantitative estimate of drug-likeness (QED) is 0.869. The second kappa shape index (κ2) is 6.75. The maximum Gasteiger partial charge on any atom is 0.231 e. The van der Waals surface area contributed by atoms with Crippen molar-refractivity contribution in [1.82, 2.24) is 0 Å². The van der Waals surface area contributed by atoms with Gasteiger partial charge >= 0.3 is 0 Å². The predicted octanol–water partition coefficient (Wildman–Crippen LogP) is 2.93. The van der Waals surface area contributed by atoms with Crippen LogP contribution in [0.1, 0.15) is 39.0 Å². The lowest BCUT2D eigenvalue weighted by Gasteiger charge is -2.34. The van der Waals surface area contributed by atoms with Gasteiger partial charge in [0.15, 0.2) is 0 Å². The molecule has 20 heavy (non-hydrogen) atoms. The molecular weight excluding hydrogens is 252 g/mol. The number of anilines is 1. The van der Waals surface area contributed by atoms with E-state index in [-0.39, 0.29) is 5.91 Å². The summed E-state index contributed by atoms with van der Waals surface area (Å²) in [4.78, 5) is 12.6. The smallest absolute Gasteiger partial charge is 0.231 e. The number of amides is 1. The molecule has 3 N–H and O–H groups in total. The minimum Gasteiger partial charge on any atom is -0.492 e. The molecule has 1 saturated carbocycles. The van der Waals surface area contributed by atoms with Crippen LogP contribution in [0.4, 0.5) is 5.69 Å². The molecule has 1 aromatic carbocycles. The first-order valence-corrected chi connectivity index (χ1v) is 7.45. The first-order valence-electron chi connectivity index (χ1n) is 7.45. The maximum absolute atomic E-state index is 12.6. The highest BCUT2D eigenvalue weighted by Crippen LogP contribution is 2.37. The Bertz CT molecular complexity index is 454. The van der Waals surface area contributed by atoms with E-state index in [1.807, 2.05) is 31.2 Å². The molecule has 1 aromatic rings. The van der Waals surface area contributed by atoms with Gasteiger partial charge in [-0.3, -0.25) is 4.79 Å². The molecular formula is C16H24N2O2. The Hall–Kier alpha value is -1.55. The maximum atomic E-state index is 12.6. The third-order valence-electron chi connectivity index (χ3n) is 4.12. The molecule has 1 fully saturated rings. The molecule has 0 saturated heterocycles. The monoisotopic (exact) mass is 276 g/mol. The molecule has 0 aromatic heterocycles. The van der Waals surface area contributed by atoms with E-state index >= 15 is 0 Å². The standard InChI is InChI=1S/C16H24N2O2/c1-2-20-14-9-5-4-8-13(14)18-15(19)16(12-17)10-6-3-7-11-16/h4-5,8-9H,2-3,6-7,10-12,17H2,1H3,(H,18,19). The molecule has 4 nitrogen and oxygen atoms in total. The Morgan fingerprint density at radius 2 is 2.00 bits per heavy atom. The normalized spacial score (nSPS) is 17.5. The van der Waals surface area contributed by atoms with Crippen molar-refractivity contribution in [3.63, 3.8) is 0 Å². The summed E-state index contributed by atoms with van der Waals surface area (Å²) in [5.74, 6) is 0.748. The fraction of sp³-hybridized carbons (Fsp3) is 0.562. The van der Waals surface area contributed by atoms with Crippen LogP contribution in [-0.4, -0.2) is 19.1 Å². The summed E-state index contributed by atoms with van der Waals surface area (Å²) in [6.07, 6.45) is 5.12. The van der Waals surface area contributed by atoms with Crippen molar-refractivity contribution in [3.8, 4) is 5.75 Å². The second-order valence-electron chi connectivity index (χ2n) is 5.43. The molecule has 1 amide bonds. The van der Waals surface area contributed by atoms with Crippen LogP contribution < -0.4 is 15.8 Å². The SMILES string of the molecule is CCOc1ccccc1NC(=O)C1(CN)CCCCC1. The number of rotatable bonds is 5. The lowest BCUT2D eigenvalue weighted by Crippen LogP contribution is -2.43. The lowest BCUT2D eigenvalue weighted by molar-refractivity contribution is -0.126. The van der Waals surface area contributed by atoms with E-state index < -0.39 is 5.41 Å². The molecule has 0 unspecified atom stereocenters. The van der Waals surface area contributed by atoms with E-state index in [9.17, 15) is 4.79 Å². The number of carbonyl (C=O) groups is 1. The summed E-state index contributed by atoms with van der Waals surface area (Å²) in [7, 11) is 0. The van der Waals surface area contributed by atoms with Gasteiger partial charge in [-0.1, -0.05) is 31.4 Å². The third kappa shape index (κ3) is 3.12. The van der Waals surface area contributed by atoms with Crippen LogP contribution in [-0.2, 0) is 4.79 Å². The zero-order chi connectivity index (χ0) is 14.4. The van der Waals surface area contributed by atoms with Crippen LogP contribution in [0.15, 0.2) is 24.3 Å². The van der Waals surface area contributed by atoms with Gasteiger partial charge in [0.25, 0.3) is 0 Å². The molecule has 1 aliphatic carbocycles. The fourth-order valence-corrected chi connectivity index (χ4v) is 2.86. The van der Waals surface area contributed by atoms with E-state index in [1.165, 1.54) is 6.42 Å². The molecule has 0 heterocycles. The van der Waals surface area contributed by atoms with E-state index in [2.05, 4.69) is 5.32 Å². The van der Waals surface area contributed by atoms with Crippen molar-refractivity contribution in [2.24, 2.45) is 11.1 Å². The fourth-order valence-electron chi connectivity index (χ4n) is 2.86. The average molecular weight is 276 g/mol. The molecule has 0 aliphatic heterocycles. The molecule has 0 radical (unpaired) electrons. The Balaban J connectivity index is 2.14. The van der Waals surface area contributed by atoms with Crippen LogP contribution in [0, 0.1) is 5.41 Å². The summed E-state index contributed by atoms with van der Waals surface area (Å²) < 4.78 is 5.55. The lowest BCUT2D eigenvalue weighted by atomic mass is 9.73. The highest BCUT2D eigenvalue weighted by molar-refractivity contribution is 5.96. The number of carbonyl (C=O) groups excluding carboxylic acids is 1. The van der Waals surface area contributed by atoms with Gasteiger partial charge in [0.05, 0.1) is 17.7 Å². The van der Waals surface area contributed by atoms with Gasteiger partial charge in [0.2, 0.25) is 5.91 Å². The van der Waals surface area contributed by atoms with Crippen molar-refractivity contribution < 1.29 is 9.53 Å². The number of para-hydroxylation sites is 2. The van der Waals surface area contributed by atoms with Crippen LogP contribution in [0.3, 0.4) is 0 Å². The Morgan fingerprint density at radius 1 is 1.30 bits per heavy atom. The first-order chi connectivity index (χ1) is 9.72. The Kier molecular flexibility index (Phi) is 5.01. The summed E-state index contributed by atoms with van der Waals surface area (Å²) in [6.45, 7) is 2.92. The van der Waals surface area contributed by atoms with Gasteiger partial charge in [-0.05, 0) is 31.9 Å². The van der Waals surface area contributed by atoms with Crippen molar-refractivity contribution >= 4 is 11.6 Å². The molecule has 0 bridgehead atoms. The first kappa shape index (κ1) is 14.9. The molecule has 0 spiro atoms. The van der Waals surface area contributed by atoms with Gasteiger partial charge in [-0.15, -0.1) is 0 Å². The van der Waals surface area contributed by atoms with Gasteiger partial charge in [0.1, 0.15) is 5.75 Å². The Labute approximate surface area is 120 Å². The van der Waals surface area contributed by atoms with Gasteiger partial charge < -0.3 is 15.8 Å². The van der Waals surface area contributed by atoms with E-state index in [0.717, 1.165) is 31.4 Å². The second-order valence-corrected chi connectivity index (χ2v) is 5.43. The molecule has 2 rings (SSSR count). The summed E-state index contributed by atoms with van der Waals surface area (Å²) in [5.41, 5.74) is 6.23. The van der Waals surface area contributed by atoms with Gasteiger partial charge in [0, 0.05) is 6.54 Å². The predicted molar refractivity (Wildman–Crippen MR) is 80.8 cm³/mol. The van der Waals surface area contributed by atoms with Crippen molar-refractivity contribution in [2.75, 3.05) is 18.5 Å². The summed E-state index contributed by atoms with van der Waals surface area (Å²) in [6, 6.07) is 7.54. The van der Waals surface area contributed by atoms with E-state index in [1.54, 1.807) is 0 Å². The van der Waals surface area contributed by atoms with Crippen molar-refractivity contribution in [2.45, 2.75) is 39.0 Å². The highest BCUT2D eigenvalue weighted by Gasteiger charge is 2.38. The summed E-state index contributed by atoms with van der Waals surface area (Å²) in [5, 5.41) is 3.01. The highest BCUT2D eigenvalue weighted by atomic mass is 16.5. The zero-order valence-corrected chi connectivity index (χ0v) is 12.2. The van der Waals surface area contributed by atoms with Crippen LogP contribution in [0.25, 0.3) is 0 Å². The molecule has 0 atom stereocenters. The number of nitrogens with two attached hydrogens (primary N) is 1. The van der Waals surface area contributed by atoms with E-state index in [0.29, 0.717) is 18.9 Å². The number of hydrogen-bond acceptors (Lipinski definition) is 3.